The second kappa shape index (κ2) is 15.8. The Hall–Kier alpha value is -0.340. The highest BCUT2D eigenvalue weighted by molar-refractivity contribution is 5.17. The summed E-state index contributed by atoms with van der Waals surface area (Å²) >= 11 is 0. The molecule has 298 valence electrons. The molecule has 10 rings (SSSR count). The summed E-state index contributed by atoms with van der Waals surface area (Å²) in [7, 11) is 0. The molecular formula is C51H84N2. The molecule has 0 aromatic heterocycles. The molecule has 53 heavy (non-hydrogen) atoms. The molecule has 0 bridgehead atoms. The SMILES string of the molecule is CC1(C)C2CCCCC2C2CCC(N(C3CCC(C4C=CC5C(C4)C4CCCCC4N5C4CCCCC4)CC3)C3CCC(C4CCCCC4)CC3)CC21. The summed E-state index contributed by atoms with van der Waals surface area (Å²) in [6.07, 6.45) is 51.6. The molecule has 1 heterocycles. The van der Waals surface area contributed by atoms with E-state index in [1.54, 1.807) is 64.2 Å². The molecule has 10 atom stereocenters. The zero-order valence-corrected chi connectivity index (χ0v) is 35.0. The average molecular weight is 725 g/mol. The van der Waals surface area contributed by atoms with Gasteiger partial charge in [0.15, 0.2) is 0 Å². The van der Waals surface area contributed by atoms with Gasteiger partial charge in [0, 0.05) is 36.3 Å². The lowest BCUT2D eigenvalue weighted by molar-refractivity contribution is -0.0252. The van der Waals surface area contributed by atoms with E-state index in [-0.39, 0.29) is 0 Å². The molecule has 0 aromatic carbocycles. The minimum atomic E-state index is 0.575. The van der Waals surface area contributed by atoms with E-state index in [0.29, 0.717) is 5.41 Å². The Bertz CT molecular complexity index is 1220. The first-order valence-corrected chi connectivity index (χ1v) is 25.3. The van der Waals surface area contributed by atoms with Crippen LogP contribution in [0.2, 0.25) is 0 Å². The third-order valence-corrected chi connectivity index (χ3v) is 20.4. The monoisotopic (exact) mass is 725 g/mol. The Labute approximate surface area is 328 Å². The lowest BCUT2D eigenvalue weighted by atomic mass is 9.66. The minimum absolute atomic E-state index is 0.575. The van der Waals surface area contributed by atoms with E-state index in [2.05, 4.69) is 35.8 Å². The largest absolute Gasteiger partial charge is 0.294 e. The van der Waals surface area contributed by atoms with Crippen molar-refractivity contribution in [2.75, 3.05) is 0 Å². The Balaban J connectivity index is 0.834. The van der Waals surface area contributed by atoms with E-state index in [4.69, 9.17) is 0 Å². The van der Waals surface area contributed by atoms with E-state index >= 15 is 0 Å². The molecule has 0 N–H and O–H groups in total. The molecule has 10 unspecified atom stereocenters. The molecule has 2 heteroatoms. The van der Waals surface area contributed by atoms with Gasteiger partial charge in [-0.3, -0.25) is 9.80 Å². The van der Waals surface area contributed by atoms with Crippen molar-refractivity contribution >= 4 is 0 Å². The van der Waals surface area contributed by atoms with E-state index < -0.39 is 0 Å². The number of nitrogens with zero attached hydrogens (tertiary/aromatic N) is 2. The molecule has 2 nitrogen and oxygen atoms in total. The second-order valence-electron chi connectivity index (χ2n) is 22.8. The summed E-state index contributed by atoms with van der Waals surface area (Å²) in [4.78, 5) is 6.55. The van der Waals surface area contributed by atoms with Crippen molar-refractivity contribution in [3.63, 3.8) is 0 Å². The first-order valence-electron chi connectivity index (χ1n) is 25.3. The fourth-order valence-electron chi connectivity index (χ4n) is 18.0. The van der Waals surface area contributed by atoms with Crippen LogP contribution < -0.4 is 0 Å². The molecule has 10 aliphatic rings. The number of rotatable bonds is 6. The van der Waals surface area contributed by atoms with Crippen molar-refractivity contribution in [1.82, 2.24) is 9.80 Å². The third-order valence-electron chi connectivity index (χ3n) is 20.4. The molecule has 1 saturated heterocycles. The molecule has 0 aromatic rings. The number of hydrogen-bond donors (Lipinski definition) is 0. The Kier molecular flexibility index (Phi) is 11.0. The van der Waals surface area contributed by atoms with E-state index in [1.165, 1.54) is 128 Å². The lowest BCUT2D eigenvalue weighted by Gasteiger charge is -2.52. The van der Waals surface area contributed by atoms with Gasteiger partial charge in [0.05, 0.1) is 0 Å². The van der Waals surface area contributed by atoms with Gasteiger partial charge in [-0.15, -0.1) is 0 Å². The van der Waals surface area contributed by atoms with Crippen molar-refractivity contribution in [1.29, 1.82) is 0 Å². The lowest BCUT2D eigenvalue weighted by Crippen LogP contribution is -2.54. The van der Waals surface area contributed by atoms with Crippen LogP contribution in [0.25, 0.3) is 0 Å². The normalized spacial score (nSPS) is 48.2. The van der Waals surface area contributed by atoms with Crippen LogP contribution in [0.1, 0.15) is 206 Å². The molecule has 9 aliphatic carbocycles. The van der Waals surface area contributed by atoms with E-state index in [9.17, 15) is 0 Å². The Morgan fingerprint density at radius 1 is 0.434 bits per heavy atom. The molecule has 0 amide bonds. The van der Waals surface area contributed by atoms with E-state index in [1.807, 2.05) is 0 Å². The first-order chi connectivity index (χ1) is 26.0. The van der Waals surface area contributed by atoms with Crippen molar-refractivity contribution in [3.8, 4) is 0 Å². The zero-order valence-electron chi connectivity index (χ0n) is 35.0. The predicted molar refractivity (Wildman–Crippen MR) is 223 cm³/mol. The fourth-order valence-corrected chi connectivity index (χ4v) is 18.0. The summed E-state index contributed by atoms with van der Waals surface area (Å²) < 4.78 is 0. The summed E-state index contributed by atoms with van der Waals surface area (Å²) in [6.45, 7) is 5.51. The highest BCUT2D eigenvalue weighted by atomic mass is 15.3. The minimum Gasteiger partial charge on any atom is -0.294 e. The maximum atomic E-state index is 3.37. The summed E-state index contributed by atoms with van der Waals surface area (Å²) in [5.74, 6) is 10.1. The molecule has 8 saturated carbocycles. The third kappa shape index (κ3) is 6.92. The maximum Gasteiger partial charge on any atom is 0.0316 e. The van der Waals surface area contributed by atoms with Gasteiger partial charge in [0.1, 0.15) is 0 Å². The van der Waals surface area contributed by atoms with Crippen molar-refractivity contribution in [2.24, 2.45) is 64.6 Å². The predicted octanol–water partition coefficient (Wildman–Crippen LogP) is 13.4. The van der Waals surface area contributed by atoms with Gasteiger partial charge >= 0.3 is 0 Å². The summed E-state index contributed by atoms with van der Waals surface area (Å²) in [5.41, 5.74) is 0.575. The van der Waals surface area contributed by atoms with Crippen LogP contribution in [-0.4, -0.2) is 46.1 Å². The Morgan fingerprint density at radius 2 is 1.00 bits per heavy atom. The molecular weight excluding hydrogens is 641 g/mol. The second-order valence-corrected chi connectivity index (χ2v) is 22.8. The molecule has 0 radical (unpaired) electrons. The fraction of sp³-hybridized carbons (Fsp3) is 0.961. The topological polar surface area (TPSA) is 6.48 Å². The van der Waals surface area contributed by atoms with Crippen molar-refractivity contribution in [2.45, 2.75) is 243 Å². The van der Waals surface area contributed by atoms with Gasteiger partial charge in [-0.1, -0.05) is 103 Å². The quantitative estimate of drug-likeness (QED) is 0.252. The van der Waals surface area contributed by atoms with Crippen LogP contribution in [0.15, 0.2) is 12.2 Å². The summed E-state index contributed by atoms with van der Waals surface area (Å²) in [5, 5.41) is 0. The van der Waals surface area contributed by atoms with Gasteiger partial charge in [-0.2, -0.15) is 0 Å². The van der Waals surface area contributed by atoms with Crippen LogP contribution in [0.4, 0.5) is 0 Å². The maximum absolute atomic E-state index is 3.37. The molecule has 1 aliphatic heterocycles. The van der Waals surface area contributed by atoms with Crippen LogP contribution in [-0.2, 0) is 0 Å². The molecule has 9 fully saturated rings. The zero-order chi connectivity index (χ0) is 35.5. The van der Waals surface area contributed by atoms with Gasteiger partial charge in [0.2, 0.25) is 0 Å². The highest BCUT2D eigenvalue weighted by Gasteiger charge is 2.58. The van der Waals surface area contributed by atoms with Crippen LogP contribution in [0.5, 0.6) is 0 Å². The Morgan fingerprint density at radius 3 is 1.74 bits per heavy atom. The van der Waals surface area contributed by atoms with E-state index in [0.717, 1.165) is 95.4 Å². The van der Waals surface area contributed by atoms with Gasteiger partial charge in [-0.25, -0.2) is 0 Å². The van der Waals surface area contributed by atoms with Gasteiger partial charge in [0.25, 0.3) is 0 Å². The average Bonchev–Trinajstić information content (AvgIpc) is 3.67. The standard InChI is InChI=1S/C51H84N2/c1-51(2)47-19-11-9-17-43(47)44-31-30-42(34-48(44)51)52(40-26-21-36(22-27-40)35-13-5-3-6-14-35)41-28-23-37(24-29-41)38-25-32-50-46(33-38)45-18-10-12-20-49(45)53(50)39-15-7-4-8-16-39/h25,32,35-50H,3-24,26-31,33-34H2,1-2H3. The van der Waals surface area contributed by atoms with Crippen LogP contribution >= 0.6 is 0 Å². The number of hydrogen-bond acceptors (Lipinski definition) is 2. The highest BCUT2D eigenvalue weighted by Crippen LogP contribution is 2.64. The number of allylic oxidation sites excluding steroid dienone is 1. The number of likely N-dealkylation sites (tertiary alicyclic amines) is 1. The van der Waals surface area contributed by atoms with Gasteiger partial charge < -0.3 is 0 Å². The summed E-state index contributed by atoms with van der Waals surface area (Å²) in [6, 6.07) is 5.28. The van der Waals surface area contributed by atoms with Gasteiger partial charge in [-0.05, 0) is 180 Å². The smallest absolute Gasteiger partial charge is 0.0316 e. The molecule has 0 spiro atoms. The van der Waals surface area contributed by atoms with Crippen LogP contribution in [0.3, 0.4) is 0 Å². The van der Waals surface area contributed by atoms with Crippen LogP contribution in [0, 0.1) is 64.6 Å². The van der Waals surface area contributed by atoms with Crippen molar-refractivity contribution < 1.29 is 0 Å². The first kappa shape index (κ1) is 37.0. The number of fused-ring (bicyclic) bond motifs is 6. The van der Waals surface area contributed by atoms with Crippen molar-refractivity contribution in [3.05, 3.63) is 12.2 Å².